The van der Waals surface area contributed by atoms with E-state index in [0.717, 1.165) is 13.0 Å². The van der Waals surface area contributed by atoms with Crippen LogP contribution in [0.3, 0.4) is 0 Å². The first-order valence-electron chi connectivity index (χ1n) is 7.54. The van der Waals surface area contributed by atoms with Gasteiger partial charge in [-0.2, -0.15) is 0 Å². The molecule has 0 spiro atoms. The van der Waals surface area contributed by atoms with Gasteiger partial charge in [-0.15, -0.1) is 0 Å². The fourth-order valence-electron chi connectivity index (χ4n) is 2.79. The number of piperidine rings is 1. The van der Waals surface area contributed by atoms with E-state index in [1.807, 2.05) is 6.92 Å². The quantitative estimate of drug-likeness (QED) is 0.780. The second-order valence-corrected chi connectivity index (χ2v) is 5.70. The Labute approximate surface area is 124 Å². The van der Waals surface area contributed by atoms with Crippen molar-refractivity contribution in [2.45, 2.75) is 38.4 Å². The van der Waals surface area contributed by atoms with Crippen molar-refractivity contribution in [1.29, 1.82) is 0 Å². The van der Waals surface area contributed by atoms with E-state index in [0.29, 0.717) is 38.4 Å². The Hall–Kier alpha value is -1.34. The molecular weight excluding hydrogens is 276 g/mol. The highest BCUT2D eigenvalue weighted by Crippen LogP contribution is 2.19. The van der Waals surface area contributed by atoms with Crippen LogP contribution in [0.1, 0.15) is 26.2 Å². The second kappa shape index (κ2) is 7.61. The number of rotatable bonds is 5. The summed E-state index contributed by atoms with van der Waals surface area (Å²) in [5, 5.41) is 11.5. The fourth-order valence-corrected chi connectivity index (χ4v) is 2.79. The summed E-state index contributed by atoms with van der Waals surface area (Å²) in [6, 6.07) is -0.0502. The van der Waals surface area contributed by atoms with Gasteiger partial charge in [-0.1, -0.05) is 0 Å². The van der Waals surface area contributed by atoms with Gasteiger partial charge >= 0.3 is 12.0 Å². The van der Waals surface area contributed by atoms with Gasteiger partial charge in [-0.25, -0.2) is 9.59 Å². The summed E-state index contributed by atoms with van der Waals surface area (Å²) >= 11 is 0. The molecular formula is C14H24N2O5. The highest BCUT2D eigenvalue weighted by atomic mass is 16.5. The Morgan fingerprint density at radius 1 is 1.33 bits per heavy atom. The van der Waals surface area contributed by atoms with Crippen LogP contribution in [0.15, 0.2) is 0 Å². The lowest BCUT2D eigenvalue weighted by molar-refractivity contribution is -0.145. The molecule has 2 unspecified atom stereocenters. The number of carboxylic acid groups (broad SMARTS) is 1. The fraction of sp³-hybridized carbons (Fsp3) is 0.857. The van der Waals surface area contributed by atoms with E-state index in [1.54, 1.807) is 4.90 Å². The molecule has 0 aromatic rings. The number of carboxylic acids is 1. The van der Waals surface area contributed by atoms with Gasteiger partial charge in [-0.05, 0) is 26.2 Å². The topological polar surface area (TPSA) is 88.1 Å². The van der Waals surface area contributed by atoms with E-state index in [1.165, 1.54) is 0 Å². The SMILES string of the molecule is CC1OCCC1CNC(=O)N1CCC(OCC(=O)O)CC1. The first-order valence-corrected chi connectivity index (χ1v) is 7.54. The number of carbonyl (C=O) groups excluding carboxylic acids is 1. The lowest BCUT2D eigenvalue weighted by Gasteiger charge is -2.32. The largest absolute Gasteiger partial charge is 0.480 e. The molecule has 2 fully saturated rings. The molecule has 0 aliphatic carbocycles. The zero-order valence-corrected chi connectivity index (χ0v) is 12.4. The molecule has 2 aliphatic rings. The average Bonchev–Trinajstić information content (AvgIpc) is 2.88. The van der Waals surface area contributed by atoms with Crippen molar-refractivity contribution in [3.05, 3.63) is 0 Å². The lowest BCUT2D eigenvalue weighted by atomic mass is 10.0. The molecule has 2 rings (SSSR count). The molecule has 2 N–H and O–H groups in total. The van der Waals surface area contributed by atoms with Crippen LogP contribution >= 0.6 is 0 Å². The van der Waals surface area contributed by atoms with Gasteiger partial charge < -0.3 is 24.8 Å². The van der Waals surface area contributed by atoms with Crippen molar-refractivity contribution in [1.82, 2.24) is 10.2 Å². The Balaban J connectivity index is 1.64. The van der Waals surface area contributed by atoms with Crippen LogP contribution in [0.5, 0.6) is 0 Å². The Morgan fingerprint density at radius 3 is 2.62 bits per heavy atom. The van der Waals surface area contributed by atoms with Crippen molar-refractivity contribution >= 4 is 12.0 Å². The predicted molar refractivity (Wildman–Crippen MR) is 75.1 cm³/mol. The predicted octanol–water partition coefficient (Wildman–Crippen LogP) is 0.687. The number of nitrogens with one attached hydrogen (secondary N) is 1. The summed E-state index contributed by atoms with van der Waals surface area (Å²) in [7, 11) is 0. The molecule has 0 saturated carbocycles. The summed E-state index contributed by atoms with van der Waals surface area (Å²) < 4.78 is 10.7. The summed E-state index contributed by atoms with van der Waals surface area (Å²) in [5.41, 5.74) is 0. The summed E-state index contributed by atoms with van der Waals surface area (Å²) in [4.78, 5) is 24.3. The molecule has 120 valence electrons. The van der Waals surface area contributed by atoms with Crippen LogP contribution in [0.2, 0.25) is 0 Å². The lowest BCUT2D eigenvalue weighted by Crippen LogP contribution is -2.47. The Bertz CT molecular complexity index is 368. The number of hydrogen-bond donors (Lipinski definition) is 2. The Morgan fingerprint density at radius 2 is 2.05 bits per heavy atom. The van der Waals surface area contributed by atoms with E-state index < -0.39 is 5.97 Å². The van der Waals surface area contributed by atoms with E-state index in [4.69, 9.17) is 14.6 Å². The molecule has 7 heteroatoms. The van der Waals surface area contributed by atoms with Crippen LogP contribution < -0.4 is 5.32 Å². The third-order valence-corrected chi connectivity index (χ3v) is 4.22. The van der Waals surface area contributed by atoms with Crippen LogP contribution in [0.25, 0.3) is 0 Å². The minimum absolute atomic E-state index is 0.0502. The molecule has 2 aliphatic heterocycles. The number of hydrogen-bond acceptors (Lipinski definition) is 4. The maximum atomic E-state index is 12.1. The van der Waals surface area contributed by atoms with Crippen molar-refractivity contribution < 1.29 is 24.2 Å². The number of likely N-dealkylation sites (tertiary alicyclic amines) is 1. The molecule has 2 atom stereocenters. The maximum absolute atomic E-state index is 12.1. The van der Waals surface area contributed by atoms with Gasteiger partial charge in [0.25, 0.3) is 0 Å². The normalized spacial score (nSPS) is 26.8. The molecule has 2 heterocycles. The number of carbonyl (C=O) groups is 2. The van der Waals surface area contributed by atoms with E-state index in [-0.39, 0.29) is 24.8 Å². The average molecular weight is 300 g/mol. The molecule has 0 bridgehead atoms. The Kier molecular flexibility index (Phi) is 5.81. The molecule has 0 aromatic heterocycles. The van der Waals surface area contributed by atoms with Crippen molar-refractivity contribution in [2.75, 3.05) is 32.8 Å². The highest BCUT2D eigenvalue weighted by molar-refractivity contribution is 5.74. The van der Waals surface area contributed by atoms with Crippen LogP contribution in [0, 0.1) is 5.92 Å². The van der Waals surface area contributed by atoms with E-state index in [2.05, 4.69) is 5.32 Å². The van der Waals surface area contributed by atoms with Crippen molar-refractivity contribution in [2.24, 2.45) is 5.92 Å². The van der Waals surface area contributed by atoms with E-state index >= 15 is 0 Å². The molecule has 2 amide bonds. The smallest absolute Gasteiger partial charge is 0.329 e. The maximum Gasteiger partial charge on any atom is 0.329 e. The number of urea groups is 1. The minimum Gasteiger partial charge on any atom is -0.480 e. The van der Waals surface area contributed by atoms with Crippen molar-refractivity contribution in [3.8, 4) is 0 Å². The minimum atomic E-state index is -0.955. The van der Waals surface area contributed by atoms with Gasteiger partial charge in [0, 0.05) is 32.2 Å². The van der Waals surface area contributed by atoms with Gasteiger partial charge in [0.15, 0.2) is 0 Å². The van der Waals surface area contributed by atoms with Gasteiger partial charge in [0.05, 0.1) is 12.2 Å². The number of aliphatic carboxylic acids is 1. The second-order valence-electron chi connectivity index (χ2n) is 5.70. The number of ether oxygens (including phenoxy) is 2. The molecule has 7 nitrogen and oxygen atoms in total. The van der Waals surface area contributed by atoms with Crippen LogP contribution in [0.4, 0.5) is 4.79 Å². The zero-order valence-electron chi connectivity index (χ0n) is 12.4. The molecule has 2 saturated heterocycles. The van der Waals surface area contributed by atoms with E-state index in [9.17, 15) is 9.59 Å². The zero-order chi connectivity index (χ0) is 15.2. The summed E-state index contributed by atoms with van der Waals surface area (Å²) in [6.45, 7) is 4.40. The number of nitrogens with zero attached hydrogens (tertiary/aromatic N) is 1. The van der Waals surface area contributed by atoms with Crippen LogP contribution in [-0.2, 0) is 14.3 Å². The molecule has 0 radical (unpaired) electrons. The number of amides is 2. The standard InChI is InChI=1S/C14H24N2O5/c1-10-11(4-7-20-10)8-15-14(19)16-5-2-12(3-6-16)21-9-13(17)18/h10-12H,2-9H2,1H3,(H,15,19)(H,17,18). The first kappa shape index (κ1) is 16.0. The third-order valence-electron chi connectivity index (χ3n) is 4.22. The molecule has 21 heavy (non-hydrogen) atoms. The highest BCUT2D eigenvalue weighted by Gasteiger charge is 2.27. The summed E-state index contributed by atoms with van der Waals surface area (Å²) in [5.74, 6) is -0.562. The van der Waals surface area contributed by atoms with Crippen molar-refractivity contribution in [3.63, 3.8) is 0 Å². The summed E-state index contributed by atoms with van der Waals surface area (Å²) in [6.07, 6.45) is 2.51. The monoisotopic (exact) mass is 300 g/mol. The third kappa shape index (κ3) is 4.86. The van der Waals surface area contributed by atoms with Gasteiger partial charge in [-0.3, -0.25) is 0 Å². The van der Waals surface area contributed by atoms with Gasteiger partial charge in [0.1, 0.15) is 6.61 Å². The van der Waals surface area contributed by atoms with Crippen LogP contribution in [-0.4, -0.2) is 67.1 Å². The first-order chi connectivity index (χ1) is 10.1. The van der Waals surface area contributed by atoms with Gasteiger partial charge in [0.2, 0.25) is 0 Å². The molecule has 0 aromatic carbocycles.